The average Bonchev–Trinajstić information content (AvgIpc) is 3.48. The van der Waals surface area contributed by atoms with Gasteiger partial charge in [0, 0.05) is 6.54 Å². The third-order valence-corrected chi connectivity index (χ3v) is 6.27. The fourth-order valence-corrected chi connectivity index (χ4v) is 4.44. The van der Waals surface area contributed by atoms with Crippen molar-refractivity contribution in [1.29, 1.82) is 0 Å². The van der Waals surface area contributed by atoms with E-state index in [1.54, 1.807) is 7.11 Å². The van der Waals surface area contributed by atoms with Crippen molar-refractivity contribution in [2.45, 2.75) is 51.0 Å². The summed E-state index contributed by atoms with van der Waals surface area (Å²) >= 11 is 0. The van der Waals surface area contributed by atoms with Crippen LogP contribution >= 0.6 is 0 Å². The second-order valence-corrected chi connectivity index (χ2v) is 8.65. The standard InChI is InChI=1S/C26H34N2O7/c1-3-32-22-14-18(9-10-21(22)31-2)15-27-24(29)20(13-17-7-5-4-6-8-17)28-26(30)35-23-16-34-25-19(23)11-12-33-25/h4-10,14,19-20,23-25,27,29H,3,11-13,15-16H2,1-2H3,(H,28,30). The van der Waals surface area contributed by atoms with Crippen molar-refractivity contribution >= 4 is 6.09 Å². The molecule has 2 aliphatic rings. The SMILES string of the molecule is CCOc1cc(CNC(O)C(Cc2ccccc2)NC(=O)OC2COC3OCCC23)ccc1OC. The summed E-state index contributed by atoms with van der Waals surface area (Å²) in [4.78, 5) is 12.8. The van der Waals surface area contributed by atoms with Crippen LogP contribution in [0.4, 0.5) is 4.79 Å². The van der Waals surface area contributed by atoms with Gasteiger partial charge in [-0.05, 0) is 43.0 Å². The molecule has 2 aromatic rings. The number of rotatable bonds is 11. The molecule has 2 aliphatic heterocycles. The summed E-state index contributed by atoms with van der Waals surface area (Å²) in [5.74, 6) is 1.33. The van der Waals surface area contributed by atoms with Gasteiger partial charge in [-0.2, -0.15) is 0 Å². The van der Waals surface area contributed by atoms with Crippen LogP contribution in [-0.4, -0.2) is 62.8 Å². The minimum Gasteiger partial charge on any atom is -0.493 e. The third-order valence-electron chi connectivity index (χ3n) is 6.27. The molecule has 0 spiro atoms. The first-order valence-electron chi connectivity index (χ1n) is 12.0. The number of fused-ring (bicyclic) bond motifs is 1. The van der Waals surface area contributed by atoms with Crippen molar-refractivity contribution in [2.75, 3.05) is 26.9 Å². The van der Waals surface area contributed by atoms with Crippen molar-refractivity contribution in [3.8, 4) is 11.5 Å². The minimum absolute atomic E-state index is 0.0472. The van der Waals surface area contributed by atoms with Crippen molar-refractivity contribution < 1.29 is 33.6 Å². The van der Waals surface area contributed by atoms with Crippen molar-refractivity contribution in [3.05, 3.63) is 59.7 Å². The molecule has 9 nitrogen and oxygen atoms in total. The van der Waals surface area contributed by atoms with Crippen molar-refractivity contribution in [2.24, 2.45) is 5.92 Å². The first kappa shape index (κ1) is 25.2. The number of alkyl carbamates (subject to hydrolysis) is 1. The first-order chi connectivity index (χ1) is 17.1. The average molecular weight is 487 g/mol. The summed E-state index contributed by atoms with van der Waals surface area (Å²) in [5.41, 5.74) is 1.89. The van der Waals surface area contributed by atoms with Gasteiger partial charge in [0.1, 0.15) is 12.3 Å². The Kier molecular flexibility index (Phi) is 8.81. The van der Waals surface area contributed by atoms with E-state index in [1.165, 1.54) is 0 Å². The van der Waals surface area contributed by atoms with Gasteiger partial charge < -0.3 is 34.1 Å². The van der Waals surface area contributed by atoms with Gasteiger partial charge in [0.15, 0.2) is 17.8 Å². The predicted octanol–water partition coefficient (Wildman–Crippen LogP) is 2.60. The number of carbonyl (C=O) groups is 1. The first-order valence-corrected chi connectivity index (χ1v) is 12.0. The molecule has 0 aromatic heterocycles. The van der Waals surface area contributed by atoms with Crippen molar-refractivity contribution in [1.82, 2.24) is 10.6 Å². The fraction of sp³-hybridized carbons (Fsp3) is 0.500. The third kappa shape index (κ3) is 6.64. The van der Waals surface area contributed by atoms with Crippen LogP contribution < -0.4 is 20.1 Å². The van der Waals surface area contributed by atoms with Gasteiger partial charge in [-0.1, -0.05) is 36.4 Å². The van der Waals surface area contributed by atoms with Crippen LogP contribution in [-0.2, 0) is 27.2 Å². The molecule has 2 saturated heterocycles. The zero-order valence-corrected chi connectivity index (χ0v) is 20.1. The molecule has 190 valence electrons. The highest BCUT2D eigenvalue weighted by molar-refractivity contribution is 5.68. The Balaban J connectivity index is 1.39. The zero-order valence-electron chi connectivity index (χ0n) is 20.1. The lowest BCUT2D eigenvalue weighted by molar-refractivity contribution is -0.0907. The van der Waals surface area contributed by atoms with E-state index in [9.17, 15) is 9.90 Å². The summed E-state index contributed by atoms with van der Waals surface area (Å²) in [5, 5.41) is 16.9. The number of aliphatic hydroxyl groups is 1. The summed E-state index contributed by atoms with van der Waals surface area (Å²) in [6, 6.07) is 14.7. The Morgan fingerprint density at radius 3 is 2.74 bits per heavy atom. The largest absolute Gasteiger partial charge is 0.493 e. The fourth-order valence-electron chi connectivity index (χ4n) is 4.44. The van der Waals surface area contributed by atoms with E-state index in [4.69, 9.17) is 23.7 Å². The number of benzene rings is 2. The molecule has 0 bridgehead atoms. The second kappa shape index (κ2) is 12.2. The Morgan fingerprint density at radius 2 is 1.97 bits per heavy atom. The molecular weight excluding hydrogens is 452 g/mol. The van der Waals surface area contributed by atoms with E-state index in [0.717, 1.165) is 17.5 Å². The van der Waals surface area contributed by atoms with Crippen LogP contribution in [0.25, 0.3) is 0 Å². The van der Waals surface area contributed by atoms with E-state index in [2.05, 4.69) is 10.6 Å². The molecule has 5 atom stereocenters. The van der Waals surface area contributed by atoms with Crippen molar-refractivity contribution in [3.63, 3.8) is 0 Å². The molecule has 5 unspecified atom stereocenters. The maximum absolute atomic E-state index is 12.8. The highest BCUT2D eigenvalue weighted by Gasteiger charge is 2.44. The summed E-state index contributed by atoms with van der Waals surface area (Å²) in [7, 11) is 1.59. The second-order valence-electron chi connectivity index (χ2n) is 8.65. The minimum atomic E-state index is -1.03. The lowest BCUT2D eigenvalue weighted by Crippen LogP contribution is -2.51. The maximum Gasteiger partial charge on any atom is 0.407 e. The van der Waals surface area contributed by atoms with E-state index < -0.39 is 18.4 Å². The van der Waals surface area contributed by atoms with Crippen LogP contribution in [0.5, 0.6) is 11.5 Å². The predicted molar refractivity (Wildman–Crippen MR) is 128 cm³/mol. The van der Waals surface area contributed by atoms with E-state index in [1.807, 2.05) is 55.5 Å². The number of hydrogen-bond donors (Lipinski definition) is 3. The molecule has 2 fully saturated rings. The Labute approximate surface area is 205 Å². The van der Waals surface area contributed by atoms with E-state index in [-0.39, 0.29) is 18.3 Å². The molecule has 35 heavy (non-hydrogen) atoms. The number of nitrogens with one attached hydrogen (secondary N) is 2. The molecule has 4 rings (SSSR count). The van der Waals surface area contributed by atoms with Crippen LogP contribution in [0.2, 0.25) is 0 Å². The molecule has 1 amide bonds. The van der Waals surface area contributed by atoms with Gasteiger partial charge in [0.2, 0.25) is 0 Å². The van der Waals surface area contributed by atoms with Gasteiger partial charge in [-0.25, -0.2) is 4.79 Å². The number of carbonyl (C=O) groups excluding carboxylic acids is 1. The molecule has 2 heterocycles. The topological polar surface area (TPSA) is 108 Å². The van der Waals surface area contributed by atoms with Crippen LogP contribution in [0.1, 0.15) is 24.5 Å². The number of methoxy groups -OCH3 is 1. The number of aliphatic hydroxyl groups excluding tert-OH is 1. The lowest BCUT2D eigenvalue weighted by Gasteiger charge is -2.26. The molecule has 9 heteroatoms. The number of ether oxygens (including phenoxy) is 5. The zero-order chi connectivity index (χ0) is 24.6. The molecule has 2 aromatic carbocycles. The number of amides is 1. The Morgan fingerprint density at radius 1 is 1.14 bits per heavy atom. The molecule has 3 N–H and O–H groups in total. The summed E-state index contributed by atoms with van der Waals surface area (Å²) < 4.78 is 27.7. The Hall–Kier alpha value is -2.85. The maximum atomic E-state index is 12.8. The van der Waals surface area contributed by atoms with Crippen LogP contribution in [0.3, 0.4) is 0 Å². The van der Waals surface area contributed by atoms with Crippen LogP contribution in [0.15, 0.2) is 48.5 Å². The quantitative estimate of drug-likeness (QED) is 0.416. The van der Waals surface area contributed by atoms with Gasteiger partial charge in [-0.15, -0.1) is 0 Å². The number of hydrogen-bond acceptors (Lipinski definition) is 8. The van der Waals surface area contributed by atoms with E-state index in [0.29, 0.717) is 44.3 Å². The highest BCUT2D eigenvalue weighted by atomic mass is 16.7. The van der Waals surface area contributed by atoms with Gasteiger partial charge in [0.05, 0.1) is 38.9 Å². The summed E-state index contributed by atoms with van der Waals surface area (Å²) in [6.45, 7) is 3.70. The van der Waals surface area contributed by atoms with Gasteiger partial charge >= 0.3 is 6.09 Å². The highest BCUT2D eigenvalue weighted by Crippen LogP contribution is 2.33. The van der Waals surface area contributed by atoms with Gasteiger partial charge in [0.25, 0.3) is 0 Å². The lowest BCUT2D eigenvalue weighted by atomic mass is 10.0. The Bertz CT molecular complexity index is 958. The monoisotopic (exact) mass is 486 g/mol. The molecule has 0 aliphatic carbocycles. The normalized spacial score (nSPS) is 22.8. The smallest absolute Gasteiger partial charge is 0.407 e. The molecular formula is C26H34N2O7. The molecule has 0 radical (unpaired) electrons. The van der Waals surface area contributed by atoms with E-state index >= 15 is 0 Å². The molecule has 0 saturated carbocycles. The summed E-state index contributed by atoms with van der Waals surface area (Å²) in [6.07, 6.45) is -1.05. The van der Waals surface area contributed by atoms with Crippen LogP contribution in [0, 0.1) is 5.92 Å². The van der Waals surface area contributed by atoms with Gasteiger partial charge in [-0.3, -0.25) is 5.32 Å².